The number of carbonyl (C=O) groups excluding carboxylic acids is 2. The molecule has 0 unspecified atom stereocenters. The quantitative estimate of drug-likeness (QED) is 0.460. The summed E-state index contributed by atoms with van der Waals surface area (Å²) in [6.45, 7) is 0. The lowest BCUT2D eigenvalue weighted by molar-refractivity contribution is 0.102. The predicted molar refractivity (Wildman–Crippen MR) is 113 cm³/mol. The van der Waals surface area contributed by atoms with Crippen LogP contribution >= 0.6 is 11.3 Å². The van der Waals surface area contributed by atoms with Crippen LogP contribution in [-0.4, -0.2) is 17.2 Å². The van der Waals surface area contributed by atoms with Crippen LogP contribution in [0.4, 0.5) is 5.69 Å². The first-order valence-electron chi connectivity index (χ1n) is 8.69. The van der Waals surface area contributed by atoms with Crippen molar-refractivity contribution in [3.63, 3.8) is 0 Å². The highest BCUT2D eigenvalue weighted by atomic mass is 32.1. The molecule has 136 valence electrons. The smallest absolute Gasteiger partial charge is 0.257 e. The maximum absolute atomic E-state index is 12.8. The molecule has 0 aliphatic heterocycles. The summed E-state index contributed by atoms with van der Waals surface area (Å²) in [6.07, 6.45) is 3.98. The zero-order valence-corrected chi connectivity index (χ0v) is 15.6. The van der Waals surface area contributed by atoms with Gasteiger partial charge in [-0.1, -0.05) is 42.5 Å². The van der Waals surface area contributed by atoms with Gasteiger partial charge in [0.05, 0.1) is 11.3 Å². The van der Waals surface area contributed by atoms with Crippen molar-refractivity contribution in [2.24, 2.45) is 0 Å². The molecule has 0 aliphatic rings. The number of aldehydes is 1. The number of benzene rings is 2. The van der Waals surface area contributed by atoms with Gasteiger partial charge in [-0.3, -0.25) is 14.6 Å². The van der Waals surface area contributed by atoms with Gasteiger partial charge in [-0.25, -0.2) is 0 Å². The van der Waals surface area contributed by atoms with Crippen molar-refractivity contribution >= 4 is 29.2 Å². The van der Waals surface area contributed by atoms with Gasteiger partial charge in [-0.2, -0.15) is 0 Å². The Morgan fingerprint density at radius 3 is 2.50 bits per heavy atom. The predicted octanol–water partition coefficient (Wildman–Crippen LogP) is 5.54. The molecule has 0 bridgehead atoms. The van der Waals surface area contributed by atoms with Crippen LogP contribution in [0.15, 0.2) is 84.5 Å². The number of nitrogens with one attached hydrogen (secondary N) is 1. The van der Waals surface area contributed by atoms with Crippen molar-refractivity contribution < 1.29 is 9.59 Å². The van der Waals surface area contributed by atoms with Gasteiger partial charge in [0.25, 0.3) is 5.91 Å². The third-order valence-electron chi connectivity index (χ3n) is 4.34. The van der Waals surface area contributed by atoms with Crippen LogP contribution in [0.5, 0.6) is 0 Å². The van der Waals surface area contributed by atoms with E-state index in [0.29, 0.717) is 16.8 Å². The first-order chi connectivity index (χ1) is 13.7. The lowest BCUT2D eigenvalue weighted by Crippen LogP contribution is -2.13. The fourth-order valence-corrected chi connectivity index (χ4v) is 3.63. The normalized spacial score (nSPS) is 10.4. The number of rotatable bonds is 5. The molecule has 28 heavy (non-hydrogen) atoms. The minimum atomic E-state index is -0.309. The molecule has 4 nitrogen and oxygen atoms in total. The van der Waals surface area contributed by atoms with Crippen molar-refractivity contribution in [3.05, 3.63) is 95.6 Å². The molecule has 2 aromatic carbocycles. The van der Waals surface area contributed by atoms with Gasteiger partial charge in [0.2, 0.25) is 0 Å². The molecule has 0 radical (unpaired) electrons. The average molecular weight is 384 g/mol. The highest BCUT2D eigenvalue weighted by Crippen LogP contribution is 2.29. The van der Waals surface area contributed by atoms with Gasteiger partial charge in [0.1, 0.15) is 0 Å². The number of amides is 1. The number of hydrogen-bond donors (Lipinski definition) is 1. The summed E-state index contributed by atoms with van der Waals surface area (Å²) >= 11 is 1.60. The fraction of sp³-hybridized carbons (Fsp3) is 0. The molecule has 0 saturated heterocycles. The van der Waals surface area contributed by atoms with Gasteiger partial charge in [-0.15, -0.1) is 11.3 Å². The number of anilines is 1. The third-order valence-corrected chi connectivity index (χ3v) is 5.26. The minimum Gasteiger partial charge on any atom is -0.321 e. The van der Waals surface area contributed by atoms with E-state index < -0.39 is 0 Å². The Bertz CT molecular complexity index is 1120. The number of pyridine rings is 1. The maximum atomic E-state index is 12.8. The molecule has 0 aliphatic carbocycles. The van der Waals surface area contributed by atoms with Crippen molar-refractivity contribution in [1.29, 1.82) is 0 Å². The van der Waals surface area contributed by atoms with Crippen LogP contribution in [0.3, 0.4) is 0 Å². The van der Waals surface area contributed by atoms with Crippen molar-refractivity contribution in [2.45, 2.75) is 0 Å². The van der Waals surface area contributed by atoms with Crippen molar-refractivity contribution in [3.8, 4) is 21.6 Å². The van der Waals surface area contributed by atoms with Gasteiger partial charge in [0, 0.05) is 28.4 Å². The Morgan fingerprint density at radius 1 is 0.893 bits per heavy atom. The number of thiophene rings is 1. The molecule has 4 aromatic rings. The van der Waals surface area contributed by atoms with Crippen LogP contribution in [0, 0.1) is 0 Å². The summed E-state index contributed by atoms with van der Waals surface area (Å²) in [5.41, 5.74) is 4.14. The Kier molecular flexibility index (Phi) is 5.08. The number of carbonyl (C=O) groups is 2. The number of aromatic nitrogens is 1. The second kappa shape index (κ2) is 7.98. The van der Waals surface area contributed by atoms with Gasteiger partial charge in [-0.05, 0) is 40.8 Å². The van der Waals surface area contributed by atoms with Crippen LogP contribution in [0.2, 0.25) is 0 Å². The van der Waals surface area contributed by atoms with E-state index in [1.54, 1.807) is 29.7 Å². The maximum Gasteiger partial charge on any atom is 0.257 e. The molecular weight excluding hydrogens is 368 g/mol. The molecule has 5 heteroatoms. The van der Waals surface area contributed by atoms with Crippen LogP contribution < -0.4 is 5.32 Å². The molecule has 2 aromatic heterocycles. The molecule has 4 rings (SSSR count). The molecule has 0 saturated carbocycles. The lowest BCUT2D eigenvalue weighted by atomic mass is 10.1. The lowest BCUT2D eigenvalue weighted by Gasteiger charge is -2.10. The summed E-state index contributed by atoms with van der Waals surface area (Å²) in [5.74, 6) is -0.309. The Labute approximate surface area is 166 Å². The van der Waals surface area contributed by atoms with E-state index >= 15 is 0 Å². The van der Waals surface area contributed by atoms with Gasteiger partial charge >= 0.3 is 0 Å². The van der Waals surface area contributed by atoms with Gasteiger partial charge in [0.15, 0.2) is 6.29 Å². The summed E-state index contributed by atoms with van der Waals surface area (Å²) in [5, 5.41) is 4.84. The summed E-state index contributed by atoms with van der Waals surface area (Å²) in [6, 6.07) is 20.9. The van der Waals surface area contributed by atoms with Crippen LogP contribution in [0.1, 0.15) is 20.7 Å². The minimum absolute atomic E-state index is 0.309. The second-order valence-corrected chi connectivity index (χ2v) is 7.13. The summed E-state index contributed by atoms with van der Waals surface area (Å²) in [4.78, 5) is 29.5. The molecular formula is C23H16N2O2S. The van der Waals surface area contributed by atoms with E-state index in [2.05, 4.69) is 10.3 Å². The Morgan fingerprint density at radius 2 is 1.75 bits per heavy atom. The monoisotopic (exact) mass is 384 g/mol. The van der Waals surface area contributed by atoms with Crippen molar-refractivity contribution in [1.82, 2.24) is 4.98 Å². The zero-order valence-electron chi connectivity index (χ0n) is 14.8. The van der Waals surface area contributed by atoms with E-state index in [9.17, 15) is 9.59 Å². The molecule has 1 N–H and O–H groups in total. The largest absolute Gasteiger partial charge is 0.321 e. The van der Waals surface area contributed by atoms with Crippen LogP contribution in [0.25, 0.3) is 21.6 Å². The standard InChI is InChI=1S/C23H16N2O2S/c26-15-18-9-8-17(22-7-4-10-28-22)12-21(18)25-23(27)20-11-19(13-24-14-20)16-5-2-1-3-6-16/h1-15H,(H,25,27). The Hall–Kier alpha value is -3.57. The Balaban J connectivity index is 1.63. The van der Waals surface area contributed by atoms with Gasteiger partial charge < -0.3 is 5.32 Å². The number of hydrogen-bond acceptors (Lipinski definition) is 4. The molecule has 2 heterocycles. The zero-order chi connectivity index (χ0) is 19.3. The third kappa shape index (κ3) is 3.75. The first-order valence-corrected chi connectivity index (χ1v) is 9.57. The van der Waals surface area contributed by atoms with Crippen LogP contribution in [-0.2, 0) is 0 Å². The topological polar surface area (TPSA) is 59.1 Å². The highest BCUT2D eigenvalue weighted by Gasteiger charge is 2.12. The average Bonchev–Trinajstić information content (AvgIpc) is 3.29. The summed E-state index contributed by atoms with van der Waals surface area (Å²) in [7, 11) is 0. The molecule has 1 amide bonds. The van der Waals surface area contributed by atoms with E-state index in [1.165, 1.54) is 6.20 Å². The first kappa shape index (κ1) is 17.8. The highest BCUT2D eigenvalue weighted by molar-refractivity contribution is 7.13. The number of nitrogens with zero attached hydrogens (tertiary/aromatic N) is 1. The second-order valence-electron chi connectivity index (χ2n) is 6.18. The molecule has 0 fully saturated rings. The van der Waals surface area contributed by atoms with E-state index in [1.807, 2.05) is 60.0 Å². The molecule has 0 atom stereocenters. The SMILES string of the molecule is O=Cc1ccc(-c2cccs2)cc1NC(=O)c1cncc(-c2ccccc2)c1. The fourth-order valence-electron chi connectivity index (χ4n) is 2.91. The van der Waals surface area contributed by atoms with E-state index in [-0.39, 0.29) is 5.91 Å². The molecule has 0 spiro atoms. The van der Waals surface area contributed by atoms with Crippen molar-refractivity contribution in [2.75, 3.05) is 5.32 Å². The van der Waals surface area contributed by atoms with E-state index in [0.717, 1.165) is 27.9 Å². The summed E-state index contributed by atoms with van der Waals surface area (Å²) < 4.78 is 0. The van der Waals surface area contributed by atoms with E-state index in [4.69, 9.17) is 0 Å².